The van der Waals surface area contributed by atoms with E-state index in [4.69, 9.17) is 4.74 Å². The monoisotopic (exact) mass is 567 g/mol. The van der Waals surface area contributed by atoms with Gasteiger partial charge in [0, 0.05) is 12.6 Å². The number of nitrogens with zero attached hydrogens (tertiary/aromatic N) is 2. The number of sulfonamides is 1. The molecule has 4 rings (SSSR count). The number of nitrogens with one attached hydrogen (secondary N) is 1. The van der Waals surface area contributed by atoms with E-state index in [1.54, 1.807) is 55.5 Å². The molecule has 1 saturated carbocycles. The van der Waals surface area contributed by atoms with Crippen LogP contribution in [-0.2, 0) is 26.2 Å². The molecular formula is C30H34FN3O5S. The van der Waals surface area contributed by atoms with Gasteiger partial charge in [-0.25, -0.2) is 12.8 Å². The standard InChI is InChI=1S/C30H34FN3O5S/c1-22(30(36)32-25-10-6-7-11-25)33(20-23-9-8-14-27(19-23)39-2)29(35)21-34(26-12-4-3-5-13-26)40(37,38)28-17-15-24(31)16-18-28/h3-5,8-9,12-19,22,25H,6-7,10-11,20-21H2,1-2H3,(H,32,36)/t22-/m0/s1. The zero-order valence-electron chi connectivity index (χ0n) is 22.6. The molecule has 3 aromatic carbocycles. The van der Waals surface area contributed by atoms with Gasteiger partial charge in [0.2, 0.25) is 11.8 Å². The van der Waals surface area contributed by atoms with Gasteiger partial charge in [-0.05, 0) is 73.9 Å². The highest BCUT2D eigenvalue weighted by atomic mass is 32.2. The third-order valence-corrected chi connectivity index (χ3v) is 8.87. The van der Waals surface area contributed by atoms with Crippen molar-refractivity contribution in [3.8, 4) is 5.75 Å². The van der Waals surface area contributed by atoms with Gasteiger partial charge >= 0.3 is 0 Å². The second-order valence-electron chi connectivity index (χ2n) is 9.84. The SMILES string of the molecule is COc1cccc(CN(C(=O)CN(c2ccccc2)S(=O)(=O)c2ccc(F)cc2)[C@@H](C)C(=O)NC2CCCC2)c1. The van der Waals surface area contributed by atoms with Crippen molar-refractivity contribution in [2.24, 2.45) is 0 Å². The van der Waals surface area contributed by atoms with Crippen molar-refractivity contribution in [1.82, 2.24) is 10.2 Å². The molecule has 0 aromatic heterocycles. The summed E-state index contributed by atoms with van der Waals surface area (Å²) in [7, 11) is -2.71. The first kappa shape index (κ1) is 29.1. The number of carbonyl (C=O) groups is 2. The molecule has 40 heavy (non-hydrogen) atoms. The fraction of sp³-hybridized carbons (Fsp3) is 0.333. The van der Waals surface area contributed by atoms with E-state index in [1.807, 2.05) is 6.07 Å². The number of methoxy groups -OCH3 is 1. The van der Waals surface area contributed by atoms with Crippen molar-refractivity contribution < 1.29 is 27.1 Å². The molecule has 10 heteroatoms. The lowest BCUT2D eigenvalue weighted by Gasteiger charge is -2.32. The van der Waals surface area contributed by atoms with Crippen LogP contribution in [0.15, 0.2) is 83.8 Å². The minimum Gasteiger partial charge on any atom is -0.497 e. The Balaban J connectivity index is 1.67. The van der Waals surface area contributed by atoms with Gasteiger partial charge in [-0.2, -0.15) is 0 Å². The van der Waals surface area contributed by atoms with E-state index in [0.29, 0.717) is 5.75 Å². The zero-order valence-corrected chi connectivity index (χ0v) is 23.4. The minimum atomic E-state index is -4.25. The normalized spacial score (nSPS) is 14.4. The summed E-state index contributed by atoms with van der Waals surface area (Å²) < 4.78 is 47.3. The summed E-state index contributed by atoms with van der Waals surface area (Å²) in [6.07, 6.45) is 3.86. The maximum absolute atomic E-state index is 13.9. The van der Waals surface area contributed by atoms with E-state index < -0.39 is 34.3 Å². The Morgan fingerprint density at radius 1 is 1.00 bits per heavy atom. The number of hydrogen-bond acceptors (Lipinski definition) is 5. The number of carbonyl (C=O) groups excluding carboxylic acids is 2. The lowest BCUT2D eigenvalue weighted by atomic mass is 10.1. The maximum atomic E-state index is 13.9. The van der Waals surface area contributed by atoms with Crippen LogP contribution in [0.4, 0.5) is 10.1 Å². The van der Waals surface area contributed by atoms with Crippen molar-refractivity contribution in [3.63, 3.8) is 0 Å². The van der Waals surface area contributed by atoms with E-state index >= 15 is 0 Å². The molecule has 212 valence electrons. The number of rotatable bonds is 11. The summed E-state index contributed by atoms with van der Waals surface area (Å²) in [5.41, 5.74) is 0.991. The first-order chi connectivity index (χ1) is 19.2. The Bertz CT molecular complexity index is 1410. The van der Waals surface area contributed by atoms with Crippen LogP contribution in [0.5, 0.6) is 5.75 Å². The lowest BCUT2D eigenvalue weighted by molar-refractivity contribution is -0.139. The summed E-state index contributed by atoms with van der Waals surface area (Å²) in [6, 6.07) is 19.0. The van der Waals surface area contributed by atoms with Crippen molar-refractivity contribution in [2.45, 2.75) is 56.1 Å². The highest BCUT2D eigenvalue weighted by molar-refractivity contribution is 7.92. The van der Waals surface area contributed by atoms with Gasteiger partial charge in [0.25, 0.3) is 10.0 Å². The molecule has 1 fully saturated rings. The van der Waals surface area contributed by atoms with Crippen molar-refractivity contribution in [3.05, 3.63) is 90.2 Å². The van der Waals surface area contributed by atoms with E-state index in [0.717, 1.165) is 59.8 Å². The molecule has 0 spiro atoms. The van der Waals surface area contributed by atoms with Crippen LogP contribution in [0.25, 0.3) is 0 Å². The lowest BCUT2D eigenvalue weighted by Crippen LogP contribution is -2.52. The second kappa shape index (κ2) is 13.0. The molecule has 3 aromatic rings. The van der Waals surface area contributed by atoms with Crippen LogP contribution in [0.1, 0.15) is 38.2 Å². The number of anilines is 1. The maximum Gasteiger partial charge on any atom is 0.264 e. The fourth-order valence-electron chi connectivity index (χ4n) is 4.80. The van der Waals surface area contributed by atoms with E-state index in [9.17, 15) is 22.4 Å². The van der Waals surface area contributed by atoms with Crippen LogP contribution in [0.2, 0.25) is 0 Å². The molecule has 0 heterocycles. The van der Waals surface area contributed by atoms with Crippen LogP contribution < -0.4 is 14.4 Å². The Morgan fingerprint density at radius 2 is 1.68 bits per heavy atom. The highest BCUT2D eigenvalue weighted by Gasteiger charge is 2.33. The van der Waals surface area contributed by atoms with Crippen LogP contribution in [0.3, 0.4) is 0 Å². The third-order valence-electron chi connectivity index (χ3n) is 7.08. The molecule has 2 amide bonds. The zero-order chi connectivity index (χ0) is 28.7. The van der Waals surface area contributed by atoms with Gasteiger partial charge in [-0.1, -0.05) is 43.2 Å². The molecule has 0 bridgehead atoms. The fourth-order valence-corrected chi connectivity index (χ4v) is 6.21. The molecule has 1 aliphatic rings. The topological polar surface area (TPSA) is 96.0 Å². The Kier molecular flexibility index (Phi) is 9.42. The molecule has 1 N–H and O–H groups in total. The summed E-state index contributed by atoms with van der Waals surface area (Å²) >= 11 is 0. The summed E-state index contributed by atoms with van der Waals surface area (Å²) in [4.78, 5) is 28.4. The van der Waals surface area contributed by atoms with Gasteiger partial charge in [0.05, 0.1) is 17.7 Å². The molecule has 0 unspecified atom stereocenters. The molecular weight excluding hydrogens is 533 g/mol. The Morgan fingerprint density at radius 3 is 2.33 bits per heavy atom. The molecule has 0 radical (unpaired) electrons. The number of ether oxygens (including phenoxy) is 1. The van der Waals surface area contributed by atoms with Gasteiger partial charge in [0.1, 0.15) is 24.2 Å². The molecule has 1 atom stereocenters. The average molecular weight is 568 g/mol. The van der Waals surface area contributed by atoms with Crippen molar-refractivity contribution >= 4 is 27.5 Å². The summed E-state index contributed by atoms with van der Waals surface area (Å²) in [5, 5.41) is 3.04. The molecule has 8 nitrogen and oxygen atoms in total. The minimum absolute atomic E-state index is 0.0587. The smallest absolute Gasteiger partial charge is 0.264 e. The number of hydrogen-bond donors (Lipinski definition) is 1. The van der Waals surface area contributed by atoms with E-state index in [-0.39, 0.29) is 29.1 Å². The molecule has 0 saturated heterocycles. The van der Waals surface area contributed by atoms with Gasteiger partial charge in [-0.15, -0.1) is 0 Å². The number of benzene rings is 3. The van der Waals surface area contributed by atoms with Crippen molar-refractivity contribution in [1.29, 1.82) is 0 Å². The predicted molar refractivity (Wildman–Crippen MR) is 151 cm³/mol. The Hall–Kier alpha value is -3.92. The first-order valence-corrected chi connectivity index (χ1v) is 14.7. The van der Waals surface area contributed by atoms with Crippen molar-refractivity contribution in [2.75, 3.05) is 18.0 Å². The Labute approximate surface area is 234 Å². The van der Waals surface area contributed by atoms with Gasteiger partial charge in [0.15, 0.2) is 0 Å². The predicted octanol–water partition coefficient (Wildman–Crippen LogP) is 4.51. The van der Waals surface area contributed by atoms with E-state index in [1.165, 1.54) is 12.0 Å². The van der Waals surface area contributed by atoms with E-state index in [2.05, 4.69) is 5.32 Å². The van der Waals surface area contributed by atoms with Crippen LogP contribution in [-0.4, -0.2) is 50.9 Å². The number of para-hydroxylation sites is 1. The molecule has 0 aliphatic heterocycles. The summed E-state index contributed by atoms with van der Waals surface area (Å²) in [5.74, 6) is -0.840. The summed E-state index contributed by atoms with van der Waals surface area (Å²) in [6.45, 7) is 1.15. The number of amides is 2. The van der Waals surface area contributed by atoms with Gasteiger partial charge < -0.3 is 15.0 Å². The second-order valence-corrected chi connectivity index (χ2v) is 11.7. The quantitative estimate of drug-likeness (QED) is 0.368. The van der Waals surface area contributed by atoms with Gasteiger partial charge in [-0.3, -0.25) is 13.9 Å². The first-order valence-electron chi connectivity index (χ1n) is 13.2. The average Bonchev–Trinajstić information content (AvgIpc) is 3.48. The van der Waals surface area contributed by atoms with Crippen LogP contribution in [0, 0.1) is 5.82 Å². The van der Waals surface area contributed by atoms with Crippen LogP contribution >= 0.6 is 0 Å². The number of halogens is 1. The largest absolute Gasteiger partial charge is 0.497 e. The third kappa shape index (κ3) is 6.98. The highest BCUT2D eigenvalue weighted by Crippen LogP contribution is 2.25. The molecule has 1 aliphatic carbocycles.